The Bertz CT molecular complexity index is 3760. The Labute approximate surface area is 507 Å². The second kappa shape index (κ2) is 26.7. The molecule has 32 heteroatoms. The number of rotatable bonds is 15. The minimum atomic E-state index is -3.66. The first-order valence-electron chi connectivity index (χ1n) is 29.2. The average molecular weight is 1260 g/mol. The van der Waals surface area contributed by atoms with E-state index in [0.717, 1.165) is 57.8 Å². The van der Waals surface area contributed by atoms with Gasteiger partial charge in [0.05, 0.1) is 28.1 Å². The fourth-order valence-electron chi connectivity index (χ4n) is 11.5. The molecule has 8 heterocycles. The number of hydrogen-bond acceptors (Lipinski definition) is 22. The van der Waals surface area contributed by atoms with Crippen LogP contribution in [0, 0.1) is 0 Å². The van der Waals surface area contributed by atoms with E-state index in [4.69, 9.17) is 34.2 Å². The van der Waals surface area contributed by atoms with Gasteiger partial charge in [-0.2, -0.15) is 4.99 Å². The van der Waals surface area contributed by atoms with Crippen molar-refractivity contribution in [1.29, 1.82) is 0 Å². The molecule has 2 aliphatic carbocycles. The molecule has 8 N–H and O–H groups in total. The lowest BCUT2D eigenvalue weighted by molar-refractivity contribution is -0.198. The molecule has 2 aromatic carbocycles. The van der Waals surface area contributed by atoms with Crippen LogP contribution >= 0.6 is 0 Å². The van der Waals surface area contributed by atoms with E-state index in [9.17, 15) is 36.0 Å². The highest BCUT2D eigenvalue weighted by atomic mass is 32.2. The average Bonchev–Trinajstić information content (AvgIpc) is 1.64. The standard InChI is InChI=1S/C28H36N8O7S.C15H20N6O4.C13H16N2O3S/c1-4-29-25(37)21-20-22(43-28(2,3)42-20)26(41-21)36-15-32-19-23(30-14-31-24(19)36)34-27(38)33-16-10-12-18(13-11-16)44(39,40)35-17-8-6-5-7-9-17;1-4-17-13(22)9-8-10(25-15(2,3)24-8)14(23-9)21-6-20-7-11(16)18-5-19-12(7)21;16-10-14-11-6-8-13(9-7-11)19(17,18)15-12-4-2-1-3-5-12/h10-15,17,20-22,26,35H,4-9H2,1-3H3,(H,29,37)(H2,30,31,33,34,38);5-6,8-10,14H,4H2,1-3H3,(H,17,22)(H2,16,18,19);6-9,12,15H,1-5H2/t20-,21+,22-,26-;8-,9+,10-,14-;/m11./s1. The number of carbonyl (C=O) groups excluding carboxylic acids is 4. The lowest BCUT2D eigenvalue weighted by Crippen LogP contribution is -2.42. The number of urea groups is 1. The van der Waals surface area contributed by atoms with Crippen LogP contribution in [0.1, 0.15) is 118 Å². The van der Waals surface area contributed by atoms with Gasteiger partial charge in [0.2, 0.25) is 26.1 Å². The summed E-state index contributed by atoms with van der Waals surface area (Å²) in [4.78, 5) is 77.2. The van der Waals surface area contributed by atoms with Crippen molar-refractivity contribution in [3.63, 3.8) is 0 Å². The van der Waals surface area contributed by atoms with Crippen LogP contribution in [0.15, 0.2) is 88.6 Å². The molecule has 0 radical (unpaired) electrons. The highest BCUT2D eigenvalue weighted by Gasteiger charge is 2.59. The van der Waals surface area contributed by atoms with Crippen LogP contribution < -0.4 is 36.4 Å². The molecule has 6 aromatic rings. The van der Waals surface area contributed by atoms with E-state index >= 15 is 0 Å². The van der Waals surface area contributed by atoms with Crippen molar-refractivity contribution in [3.05, 3.63) is 73.8 Å². The SMILES string of the molecule is CCNC(=O)[C@H]1O[C@@H](n2cnc3c(N)ncnc32)[C@@H]2OC(C)(C)O[C@@H]21.CCNC(=O)[C@H]1O[C@@H](n2cnc3c(NC(=O)Nc4ccc(S(=O)(=O)NC5CCCCC5)cc4)ncnc32)[C@@H]2OC(C)(C)O[C@@H]21.O=C=Nc1ccc(S(=O)(=O)NC2CCCCC2)cc1. The summed E-state index contributed by atoms with van der Waals surface area (Å²) in [5, 5.41) is 10.9. The summed E-state index contributed by atoms with van der Waals surface area (Å²) in [6, 6.07) is 11.2. The predicted octanol–water partition coefficient (Wildman–Crippen LogP) is 4.86. The number of fused-ring (bicyclic) bond motifs is 4. The number of benzene rings is 2. The molecule has 2 saturated carbocycles. The van der Waals surface area contributed by atoms with Crippen molar-refractivity contribution in [3.8, 4) is 0 Å². The lowest BCUT2D eigenvalue weighted by atomic mass is 9.96. The molecule has 88 heavy (non-hydrogen) atoms. The van der Waals surface area contributed by atoms with Crippen LogP contribution in [-0.2, 0) is 62.9 Å². The fourth-order valence-corrected chi connectivity index (χ4v) is 14.1. The smallest absolute Gasteiger partial charge is 0.324 e. The first-order valence-corrected chi connectivity index (χ1v) is 32.1. The van der Waals surface area contributed by atoms with Crippen LogP contribution in [-0.4, -0.2) is 153 Å². The Morgan fingerprint density at radius 1 is 0.602 bits per heavy atom. The molecule has 0 bridgehead atoms. The minimum absolute atomic E-state index is 0.0337. The highest BCUT2D eigenvalue weighted by Crippen LogP contribution is 2.45. The van der Waals surface area contributed by atoms with Gasteiger partial charge in [0.15, 0.2) is 64.7 Å². The van der Waals surface area contributed by atoms with Gasteiger partial charge in [0, 0.05) is 30.9 Å². The summed E-state index contributed by atoms with van der Waals surface area (Å²) in [5.74, 6) is -1.86. The third-order valence-electron chi connectivity index (χ3n) is 15.4. The van der Waals surface area contributed by atoms with Crippen molar-refractivity contribution in [2.75, 3.05) is 29.5 Å². The Morgan fingerprint density at radius 3 is 1.52 bits per heavy atom. The van der Waals surface area contributed by atoms with Crippen molar-refractivity contribution < 1.29 is 64.4 Å². The number of hydrogen-bond donors (Lipinski definition) is 7. The molecule has 6 aliphatic rings. The molecule has 6 fully saturated rings. The minimum Gasteiger partial charge on any atom is -0.382 e. The number of nitrogens with two attached hydrogens (primary N) is 1. The normalized spacial score (nSPS) is 24.8. The molecule has 0 unspecified atom stereocenters. The van der Waals surface area contributed by atoms with E-state index in [1.54, 1.807) is 29.3 Å². The number of imidazole rings is 2. The second-order valence-electron chi connectivity index (χ2n) is 22.7. The molecule has 4 saturated heterocycles. The number of ether oxygens (including phenoxy) is 6. The van der Waals surface area contributed by atoms with Gasteiger partial charge in [-0.05, 0) is 116 Å². The van der Waals surface area contributed by atoms with Crippen molar-refractivity contribution >= 4 is 89.3 Å². The van der Waals surface area contributed by atoms with Crippen molar-refractivity contribution in [2.45, 2.75) is 188 Å². The zero-order valence-electron chi connectivity index (χ0n) is 49.3. The van der Waals surface area contributed by atoms with Crippen LogP contribution in [0.3, 0.4) is 0 Å². The molecular formula is C56H72N16O14S2. The third-order valence-corrected chi connectivity index (χ3v) is 18.5. The predicted molar refractivity (Wildman–Crippen MR) is 316 cm³/mol. The number of carbonyl (C=O) groups is 3. The summed E-state index contributed by atoms with van der Waals surface area (Å²) in [7, 11) is -7.14. The molecule has 8 atom stereocenters. The molecule has 4 aliphatic heterocycles. The Hall–Kier alpha value is -7.49. The van der Waals surface area contributed by atoms with Gasteiger partial charge in [0.1, 0.15) is 42.6 Å². The van der Waals surface area contributed by atoms with Gasteiger partial charge >= 0.3 is 6.03 Å². The molecule has 0 spiro atoms. The van der Waals surface area contributed by atoms with Crippen LogP contribution in [0.25, 0.3) is 22.3 Å². The molecular weight excluding hydrogens is 1180 g/mol. The van der Waals surface area contributed by atoms with Crippen LogP contribution in [0.5, 0.6) is 0 Å². The Balaban J connectivity index is 0.000000163. The zero-order valence-corrected chi connectivity index (χ0v) is 51.0. The molecule has 30 nitrogen and oxygen atoms in total. The second-order valence-corrected chi connectivity index (χ2v) is 26.1. The maximum absolute atomic E-state index is 12.9. The van der Waals surface area contributed by atoms with E-state index in [2.05, 4.69) is 65.6 Å². The largest absolute Gasteiger partial charge is 0.382 e. The number of anilines is 3. The quantitative estimate of drug-likeness (QED) is 0.0533. The van der Waals surface area contributed by atoms with Gasteiger partial charge in [-0.3, -0.25) is 24.0 Å². The molecule has 4 amide bonds. The molecule has 4 aromatic heterocycles. The first-order chi connectivity index (χ1) is 42.1. The number of likely N-dealkylation sites (N-methyl/N-ethyl adjacent to an activating group) is 2. The van der Waals surface area contributed by atoms with Gasteiger partial charge in [-0.1, -0.05) is 38.5 Å². The number of nitrogens with zero attached hydrogens (tertiary/aromatic N) is 9. The summed E-state index contributed by atoms with van der Waals surface area (Å²) in [6.07, 6.45) is 11.7. The van der Waals surface area contributed by atoms with E-state index < -0.39 is 86.7 Å². The van der Waals surface area contributed by atoms with Crippen molar-refractivity contribution in [2.24, 2.45) is 4.99 Å². The number of nitrogen functional groups attached to an aromatic ring is 1. The summed E-state index contributed by atoms with van der Waals surface area (Å²) in [6.45, 7) is 11.8. The van der Waals surface area contributed by atoms with Crippen LogP contribution in [0.2, 0.25) is 0 Å². The Morgan fingerprint density at radius 2 is 1.05 bits per heavy atom. The zero-order chi connectivity index (χ0) is 62.5. The maximum atomic E-state index is 12.9. The fraction of sp³-hybridized carbons (Fsp3) is 0.536. The number of aromatic nitrogens is 8. The van der Waals surface area contributed by atoms with Crippen LogP contribution in [0.4, 0.5) is 27.8 Å². The van der Waals surface area contributed by atoms with E-state index in [1.165, 1.54) is 80.0 Å². The summed E-state index contributed by atoms with van der Waals surface area (Å²) < 4.78 is 94.9. The van der Waals surface area contributed by atoms with Gasteiger partial charge < -0.3 is 50.1 Å². The number of isocyanates is 1. The molecule has 12 rings (SSSR count). The monoisotopic (exact) mass is 1260 g/mol. The topological polar surface area (TPSA) is 390 Å². The number of nitrogens with one attached hydrogen (secondary N) is 6. The molecule has 472 valence electrons. The van der Waals surface area contributed by atoms with Gasteiger partial charge in [0.25, 0.3) is 11.8 Å². The summed E-state index contributed by atoms with van der Waals surface area (Å²) in [5.41, 5.74) is 8.26. The van der Waals surface area contributed by atoms with E-state index in [-0.39, 0.29) is 50.8 Å². The van der Waals surface area contributed by atoms with Gasteiger partial charge in [-0.25, -0.2) is 65.8 Å². The number of sulfonamides is 2. The van der Waals surface area contributed by atoms with Gasteiger partial charge in [-0.15, -0.1) is 0 Å². The van der Waals surface area contributed by atoms with E-state index in [0.29, 0.717) is 41.3 Å². The lowest BCUT2D eigenvalue weighted by Gasteiger charge is -2.24. The Kier molecular flexibility index (Phi) is 19.3. The summed E-state index contributed by atoms with van der Waals surface area (Å²) >= 11 is 0. The first kappa shape index (κ1) is 63.5. The van der Waals surface area contributed by atoms with Crippen molar-refractivity contribution in [1.82, 2.24) is 59.1 Å². The van der Waals surface area contributed by atoms with E-state index in [1.807, 2.05) is 27.7 Å². The third kappa shape index (κ3) is 14.3. The maximum Gasteiger partial charge on any atom is 0.324 e. The number of amides is 4. The number of aliphatic imine (C=N–C) groups is 1. The highest BCUT2D eigenvalue weighted by molar-refractivity contribution is 7.89.